The number of amides is 3. The standard InChI is InChI=1S/C22H38N6O5/c1-21(2,3)32-19(30)27-13-14-28(20(31)33-22(4,5)6)16(15-27)17(29)24-9-8-11-26-12-10-25-18(26)23-7/h10,12,16H,8-9,11,13-15H2,1-7H3,(H,23,25)(H,24,29)/t16-/m1/s1. The third-order valence-electron chi connectivity index (χ3n) is 4.78. The van der Waals surface area contributed by atoms with E-state index in [9.17, 15) is 14.4 Å². The van der Waals surface area contributed by atoms with E-state index in [0.717, 1.165) is 5.95 Å². The molecule has 0 aliphatic carbocycles. The fourth-order valence-electron chi connectivity index (χ4n) is 3.34. The molecule has 1 aromatic rings. The van der Waals surface area contributed by atoms with E-state index < -0.39 is 29.4 Å². The number of rotatable bonds is 6. The van der Waals surface area contributed by atoms with Gasteiger partial charge in [-0.25, -0.2) is 14.6 Å². The summed E-state index contributed by atoms with van der Waals surface area (Å²) >= 11 is 0. The van der Waals surface area contributed by atoms with Crippen molar-refractivity contribution in [1.29, 1.82) is 0 Å². The van der Waals surface area contributed by atoms with E-state index in [4.69, 9.17) is 9.47 Å². The van der Waals surface area contributed by atoms with Gasteiger partial charge in [-0.2, -0.15) is 0 Å². The van der Waals surface area contributed by atoms with E-state index in [1.807, 2.05) is 10.8 Å². The highest BCUT2D eigenvalue weighted by atomic mass is 16.6. The number of hydrogen-bond donors (Lipinski definition) is 2. The summed E-state index contributed by atoms with van der Waals surface area (Å²) in [5, 5.41) is 5.89. The molecule has 0 bridgehead atoms. The second-order valence-electron chi connectivity index (χ2n) is 9.95. The topological polar surface area (TPSA) is 118 Å². The Hall–Kier alpha value is -2.98. The van der Waals surface area contributed by atoms with Crippen LogP contribution in [0, 0.1) is 0 Å². The molecule has 2 rings (SSSR count). The van der Waals surface area contributed by atoms with Crippen LogP contribution in [0.15, 0.2) is 12.4 Å². The number of ether oxygens (including phenoxy) is 2. The van der Waals surface area contributed by atoms with Gasteiger partial charge in [-0.15, -0.1) is 0 Å². The van der Waals surface area contributed by atoms with Gasteiger partial charge in [0.05, 0.1) is 6.54 Å². The Labute approximate surface area is 195 Å². The zero-order chi connectivity index (χ0) is 24.8. The zero-order valence-electron chi connectivity index (χ0n) is 20.8. The van der Waals surface area contributed by atoms with E-state index >= 15 is 0 Å². The Morgan fingerprint density at radius 1 is 1.06 bits per heavy atom. The van der Waals surface area contributed by atoms with Crippen LogP contribution in [0.2, 0.25) is 0 Å². The SMILES string of the molecule is CNc1nccn1CCCNC(=O)[C@H]1CN(C(=O)OC(C)(C)C)CCN1C(=O)OC(C)(C)C. The maximum Gasteiger partial charge on any atom is 0.411 e. The number of aryl methyl sites for hydroxylation is 1. The van der Waals surface area contributed by atoms with Gasteiger partial charge in [0.15, 0.2) is 0 Å². The number of hydrogen-bond acceptors (Lipinski definition) is 7. The molecule has 2 N–H and O–H groups in total. The third-order valence-corrected chi connectivity index (χ3v) is 4.78. The molecule has 0 aromatic carbocycles. The molecule has 1 saturated heterocycles. The summed E-state index contributed by atoms with van der Waals surface area (Å²) in [6.07, 6.45) is 3.15. The number of nitrogens with one attached hydrogen (secondary N) is 2. The molecule has 186 valence electrons. The van der Waals surface area contributed by atoms with E-state index in [2.05, 4.69) is 15.6 Å². The minimum absolute atomic E-state index is 0.0331. The Bertz CT molecular complexity index is 826. The van der Waals surface area contributed by atoms with Crippen molar-refractivity contribution in [3.8, 4) is 0 Å². The summed E-state index contributed by atoms with van der Waals surface area (Å²) < 4.78 is 12.9. The molecular weight excluding hydrogens is 428 g/mol. The summed E-state index contributed by atoms with van der Waals surface area (Å²) in [7, 11) is 1.80. The maximum absolute atomic E-state index is 13.0. The molecule has 1 aliphatic heterocycles. The predicted octanol–water partition coefficient (Wildman–Crippen LogP) is 2.29. The fraction of sp³-hybridized carbons (Fsp3) is 0.727. The van der Waals surface area contributed by atoms with E-state index in [1.165, 1.54) is 9.80 Å². The van der Waals surface area contributed by atoms with Gasteiger partial charge in [-0.1, -0.05) is 0 Å². The van der Waals surface area contributed by atoms with E-state index in [-0.39, 0.29) is 25.5 Å². The molecule has 1 fully saturated rings. The number of nitrogens with zero attached hydrogens (tertiary/aromatic N) is 4. The average molecular weight is 467 g/mol. The van der Waals surface area contributed by atoms with Gasteiger partial charge in [-0.3, -0.25) is 9.69 Å². The van der Waals surface area contributed by atoms with Gasteiger partial charge in [0.1, 0.15) is 17.2 Å². The van der Waals surface area contributed by atoms with Crippen LogP contribution in [-0.2, 0) is 20.8 Å². The quantitative estimate of drug-likeness (QED) is 0.618. The lowest BCUT2D eigenvalue weighted by Gasteiger charge is -2.41. The smallest absolute Gasteiger partial charge is 0.411 e. The number of carbonyl (C=O) groups is 3. The number of imidazole rings is 1. The minimum atomic E-state index is -0.873. The van der Waals surface area contributed by atoms with Gasteiger partial charge in [0.2, 0.25) is 11.9 Å². The van der Waals surface area contributed by atoms with Gasteiger partial charge in [-0.05, 0) is 48.0 Å². The largest absolute Gasteiger partial charge is 0.444 e. The first-order chi connectivity index (χ1) is 15.3. The van der Waals surface area contributed by atoms with Crippen molar-refractivity contribution < 1.29 is 23.9 Å². The summed E-state index contributed by atoms with van der Waals surface area (Å²) in [6, 6.07) is -0.873. The lowest BCUT2D eigenvalue weighted by molar-refractivity contribution is -0.128. The van der Waals surface area contributed by atoms with Crippen molar-refractivity contribution in [2.24, 2.45) is 0 Å². The Morgan fingerprint density at radius 2 is 1.70 bits per heavy atom. The van der Waals surface area contributed by atoms with Crippen LogP contribution < -0.4 is 10.6 Å². The normalized spacial score (nSPS) is 16.9. The molecule has 1 atom stereocenters. The van der Waals surface area contributed by atoms with Crippen LogP contribution in [0.4, 0.5) is 15.5 Å². The lowest BCUT2D eigenvalue weighted by Crippen LogP contribution is -2.62. The minimum Gasteiger partial charge on any atom is -0.444 e. The van der Waals surface area contributed by atoms with Gasteiger partial charge >= 0.3 is 12.2 Å². The zero-order valence-corrected chi connectivity index (χ0v) is 20.8. The first-order valence-electron chi connectivity index (χ1n) is 11.2. The Balaban J connectivity index is 2.03. The molecule has 33 heavy (non-hydrogen) atoms. The van der Waals surface area contributed by atoms with E-state index in [1.54, 1.807) is 54.8 Å². The maximum atomic E-state index is 13.0. The molecular formula is C22H38N6O5. The highest BCUT2D eigenvalue weighted by molar-refractivity contribution is 5.87. The summed E-state index contributed by atoms with van der Waals surface area (Å²) in [5.74, 6) is 0.409. The van der Waals surface area contributed by atoms with Crippen LogP contribution in [0.25, 0.3) is 0 Å². The molecule has 0 radical (unpaired) electrons. The molecule has 0 spiro atoms. The molecule has 1 aliphatic rings. The summed E-state index contributed by atoms with van der Waals surface area (Å²) in [6.45, 7) is 12.2. The molecule has 3 amide bonds. The molecule has 2 heterocycles. The van der Waals surface area contributed by atoms with Crippen LogP contribution in [0.3, 0.4) is 0 Å². The lowest BCUT2D eigenvalue weighted by atomic mass is 10.1. The Kier molecular flexibility index (Phi) is 8.57. The van der Waals surface area contributed by atoms with E-state index in [0.29, 0.717) is 19.5 Å². The van der Waals surface area contributed by atoms with Crippen LogP contribution in [0.5, 0.6) is 0 Å². The van der Waals surface area contributed by atoms with Gasteiger partial charge in [0.25, 0.3) is 0 Å². The summed E-state index contributed by atoms with van der Waals surface area (Å²) in [5.41, 5.74) is -1.35. The average Bonchev–Trinajstić information content (AvgIpc) is 3.15. The van der Waals surface area contributed by atoms with Crippen LogP contribution in [0.1, 0.15) is 48.0 Å². The van der Waals surface area contributed by atoms with Gasteiger partial charge < -0.3 is 29.6 Å². The van der Waals surface area contributed by atoms with Gasteiger partial charge in [0, 0.05) is 45.6 Å². The first kappa shape index (κ1) is 26.3. The molecule has 1 aromatic heterocycles. The number of carbonyl (C=O) groups excluding carboxylic acids is 3. The number of anilines is 1. The molecule has 0 saturated carbocycles. The highest BCUT2D eigenvalue weighted by Crippen LogP contribution is 2.18. The third kappa shape index (κ3) is 8.14. The predicted molar refractivity (Wildman–Crippen MR) is 124 cm³/mol. The van der Waals surface area contributed by atoms with Crippen molar-refractivity contribution in [1.82, 2.24) is 24.7 Å². The fourth-order valence-corrected chi connectivity index (χ4v) is 3.34. The number of piperazine rings is 1. The second kappa shape index (κ2) is 10.8. The van der Waals surface area contributed by atoms with Crippen LogP contribution in [-0.4, -0.2) is 87.9 Å². The van der Waals surface area contributed by atoms with Crippen molar-refractivity contribution in [2.45, 2.75) is 71.8 Å². The number of aromatic nitrogens is 2. The highest BCUT2D eigenvalue weighted by Gasteiger charge is 2.39. The molecule has 11 heteroatoms. The van der Waals surface area contributed by atoms with Crippen molar-refractivity contribution in [2.75, 3.05) is 38.5 Å². The summed E-state index contributed by atoms with van der Waals surface area (Å²) in [4.78, 5) is 45.4. The van der Waals surface area contributed by atoms with Crippen molar-refractivity contribution >= 4 is 24.0 Å². The first-order valence-corrected chi connectivity index (χ1v) is 11.2. The van der Waals surface area contributed by atoms with Crippen molar-refractivity contribution in [3.05, 3.63) is 12.4 Å². The second-order valence-corrected chi connectivity index (χ2v) is 9.95. The molecule has 11 nitrogen and oxygen atoms in total. The monoisotopic (exact) mass is 466 g/mol. The van der Waals surface area contributed by atoms with Crippen molar-refractivity contribution in [3.63, 3.8) is 0 Å². The Morgan fingerprint density at radius 3 is 2.30 bits per heavy atom. The van der Waals surface area contributed by atoms with Crippen LogP contribution >= 0.6 is 0 Å². The molecule has 0 unspecified atom stereocenters.